The number of carboxylic acids is 1. The van der Waals surface area contributed by atoms with Gasteiger partial charge in [0.25, 0.3) is 0 Å². The zero-order valence-corrected chi connectivity index (χ0v) is 12.6. The van der Waals surface area contributed by atoms with Crippen molar-refractivity contribution in [1.29, 1.82) is 0 Å². The highest BCUT2D eigenvalue weighted by Crippen LogP contribution is 2.21. The Balaban J connectivity index is 2.58. The molecule has 0 aliphatic rings. The second kappa shape index (κ2) is 8.42. The van der Waals surface area contributed by atoms with E-state index in [1.807, 2.05) is 26.0 Å². The van der Waals surface area contributed by atoms with Gasteiger partial charge in [0.15, 0.2) is 0 Å². The normalized spacial score (nSPS) is 13.5. The van der Waals surface area contributed by atoms with Crippen LogP contribution in [-0.4, -0.2) is 23.5 Å². The highest BCUT2D eigenvalue weighted by molar-refractivity contribution is 5.92. The number of carboxylic acid groups (broad SMARTS) is 1. The molecule has 0 spiro atoms. The van der Waals surface area contributed by atoms with Gasteiger partial charge in [-0.05, 0) is 43.0 Å². The Morgan fingerprint density at radius 1 is 1.24 bits per heavy atom. The van der Waals surface area contributed by atoms with Crippen molar-refractivity contribution in [3.8, 4) is 0 Å². The predicted molar refractivity (Wildman–Crippen MR) is 83.2 cm³/mol. The summed E-state index contributed by atoms with van der Waals surface area (Å²) in [6.07, 6.45) is 1.71. The van der Waals surface area contributed by atoms with Crippen LogP contribution >= 0.6 is 0 Å². The lowest BCUT2D eigenvalue weighted by Crippen LogP contribution is -2.21. The fourth-order valence-corrected chi connectivity index (χ4v) is 2.10. The van der Waals surface area contributed by atoms with Gasteiger partial charge < -0.3 is 16.2 Å². The monoisotopic (exact) mass is 292 g/mol. The smallest absolute Gasteiger partial charge is 0.303 e. The summed E-state index contributed by atoms with van der Waals surface area (Å²) >= 11 is 0. The van der Waals surface area contributed by atoms with Crippen molar-refractivity contribution in [2.45, 2.75) is 39.0 Å². The van der Waals surface area contributed by atoms with E-state index in [0.717, 1.165) is 24.1 Å². The molecule has 2 atom stereocenters. The number of carbonyl (C=O) groups excluding carboxylic acids is 1. The third kappa shape index (κ3) is 5.95. The lowest BCUT2D eigenvalue weighted by Gasteiger charge is -2.13. The summed E-state index contributed by atoms with van der Waals surface area (Å²) in [5, 5.41) is 11.6. The van der Waals surface area contributed by atoms with Crippen LogP contribution in [0.25, 0.3) is 0 Å². The summed E-state index contributed by atoms with van der Waals surface area (Å²) < 4.78 is 0. The summed E-state index contributed by atoms with van der Waals surface area (Å²) in [5.74, 6) is -0.946. The van der Waals surface area contributed by atoms with Crippen LogP contribution in [0.5, 0.6) is 0 Å². The Morgan fingerprint density at radius 2 is 1.86 bits per heavy atom. The summed E-state index contributed by atoms with van der Waals surface area (Å²) in [6, 6.07) is 7.32. The maximum absolute atomic E-state index is 12.0. The molecule has 0 saturated heterocycles. The van der Waals surface area contributed by atoms with Crippen molar-refractivity contribution in [3.05, 3.63) is 29.8 Å². The highest BCUT2D eigenvalue weighted by Gasteiger charge is 2.13. The minimum absolute atomic E-state index is 0.0187. The molecule has 116 valence electrons. The Hall–Kier alpha value is -1.88. The number of aliphatic carboxylic acids is 1. The molecule has 0 aromatic heterocycles. The molecular formula is C16H24N2O3. The lowest BCUT2D eigenvalue weighted by molar-refractivity contribution is -0.137. The molecule has 4 N–H and O–H groups in total. The van der Waals surface area contributed by atoms with Gasteiger partial charge >= 0.3 is 5.97 Å². The predicted octanol–water partition coefficient (Wildman–Crippen LogP) is 2.58. The van der Waals surface area contributed by atoms with Gasteiger partial charge in [-0.25, -0.2) is 0 Å². The Kier molecular flexibility index (Phi) is 6.88. The van der Waals surface area contributed by atoms with Crippen molar-refractivity contribution >= 4 is 17.6 Å². The number of nitrogens with one attached hydrogen (secondary N) is 1. The van der Waals surface area contributed by atoms with E-state index in [4.69, 9.17) is 10.8 Å². The number of hydrogen-bond donors (Lipinski definition) is 3. The zero-order chi connectivity index (χ0) is 15.8. The average Bonchev–Trinajstić information content (AvgIpc) is 2.44. The van der Waals surface area contributed by atoms with Gasteiger partial charge in [-0.1, -0.05) is 26.0 Å². The third-order valence-corrected chi connectivity index (χ3v) is 3.52. The molecule has 21 heavy (non-hydrogen) atoms. The highest BCUT2D eigenvalue weighted by atomic mass is 16.4. The molecule has 5 nitrogen and oxygen atoms in total. The van der Waals surface area contributed by atoms with Crippen LogP contribution < -0.4 is 11.1 Å². The molecule has 0 fully saturated rings. The molecule has 0 saturated carbocycles. The van der Waals surface area contributed by atoms with Crippen molar-refractivity contribution in [1.82, 2.24) is 0 Å². The van der Waals surface area contributed by atoms with Crippen LogP contribution in [0.3, 0.4) is 0 Å². The second-order valence-electron chi connectivity index (χ2n) is 5.44. The van der Waals surface area contributed by atoms with E-state index in [0.29, 0.717) is 6.54 Å². The molecule has 1 aromatic carbocycles. The summed E-state index contributed by atoms with van der Waals surface area (Å²) in [7, 11) is 0. The summed E-state index contributed by atoms with van der Waals surface area (Å²) in [6.45, 7) is 4.35. The minimum Gasteiger partial charge on any atom is -0.481 e. The second-order valence-corrected chi connectivity index (χ2v) is 5.44. The molecule has 0 radical (unpaired) electrons. The fraction of sp³-hybridized carbons (Fsp3) is 0.500. The maximum Gasteiger partial charge on any atom is 0.303 e. The van der Waals surface area contributed by atoms with Crippen molar-refractivity contribution < 1.29 is 14.7 Å². The molecule has 2 unspecified atom stereocenters. The van der Waals surface area contributed by atoms with E-state index >= 15 is 0 Å². The summed E-state index contributed by atoms with van der Waals surface area (Å²) in [4.78, 5) is 22.6. The number of rotatable bonds is 8. The molecule has 0 aliphatic heterocycles. The molecule has 1 rings (SSSR count). The lowest BCUT2D eigenvalue weighted by atomic mass is 9.97. The number of hydrogen-bond acceptors (Lipinski definition) is 3. The first-order chi connectivity index (χ1) is 9.93. The molecule has 0 bridgehead atoms. The van der Waals surface area contributed by atoms with Gasteiger partial charge in [0, 0.05) is 11.6 Å². The van der Waals surface area contributed by atoms with Crippen LogP contribution in [0.15, 0.2) is 24.3 Å². The first-order valence-electron chi connectivity index (χ1n) is 7.26. The number of nitrogens with two attached hydrogens (primary N) is 1. The van der Waals surface area contributed by atoms with Crippen molar-refractivity contribution in [2.75, 3.05) is 11.9 Å². The van der Waals surface area contributed by atoms with Gasteiger partial charge in [-0.15, -0.1) is 0 Å². The minimum atomic E-state index is -0.811. The van der Waals surface area contributed by atoms with Crippen LogP contribution in [0.2, 0.25) is 0 Å². The van der Waals surface area contributed by atoms with E-state index in [9.17, 15) is 9.59 Å². The van der Waals surface area contributed by atoms with Crippen molar-refractivity contribution in [2.24, 2.45) is 11.7 Å². The number of carbonyl (C=O) groups is 2. The molecule has 0 aliphatic carbocycles. The van der Waals surface area contributed by atoms with Gasteiger partial charge in [0.1, 0.15) is 0 Å². The van der Waals surface area contributed by atoms with E-state index in [1.54, 1.807) is 12.1 Å². The molecular weight excluding hydrogens is 268 g/mol. The van der Waals surface area contributed by atoms with Crippen LogP contribution in [0.1, 0.15) is 44.6 Å². The van der Waals surface area contributed by atoms with Gasteiger partial charge in [0.2, 0.25) is 5.91 Å². The number of amides is 1. The standard InChI is InChI=1S/C16H24N2O3/c1-11(4-3-9-17)16(21)18-14-7-5-13(6-8-14)12(2)10-15(19)20/h5-8,11-12H,3-4,9-10,17H2,1-2H3,(H,18,21)(H,19,20). The Morgan fingerprint density at radius 3 is 2.38 bits per heavy atom. The summed E-state index contributed by atoms with van der Waals surface area (Å²) in [5.41, 5.74) is 7.11. The van der Waals surface area contributed by atoms with E-state index in [2.05, 4.69) is 5.32 Å². The average molecular weight is 292 g/mol. The SMILES string of the molecule is CC(CCCN)C(=O)Nc1ccc(C(C)CC(=O)O)cc1. The number of anilines is 1. The molecule has 1 amide bonds. The fourth-order valence-electron chi connectivity index (χ4n) is 2.10. The first kappa shape index (κ1) is 17.2. The maximum atomic E-state index is 12.0. The molecule has 5 heteroatoms. The first-order valence-corrected chi connectivity index (χ1v) is 7.26. The van der Waals surface area contributed by atoms with Crippen molar-refractivity contribution in [3.63, 3.8) is 0 Å². The van der Waals surface area contributed by atoms with E-state index in [1.165, 1.54) is 0 Å². The van der Waals surface area contributed by atoms with Gasteiger partial charge in [-0.3, -0.25) is 9.59 Å². The largest absolute Gasteiger partial charge is 0.481 e. The van der Waals surface area contributed by atoms with Gasteiger partial charge in [0.05, 0.1) is 6.42 Å². The van der Waals surface area contributed by atoms with E-state index in [-0.39, 0.29) is 24.2 Å². The molecule has 0 heterocycles. The van der Waals surface area contributed by atoms with E-state index < -0.39 is 5.97 Å². The topological polar surface area (TPSA) is 92.4 Å². The third-order valence-electron chi connectivity index (χ3n) is 3.52. The van der Waals surface area contributed by atoms with Crippen LogP contribution in [-0.2, 0) is 9.59 Å². The Labute approximate surface area is 125 Å². The number of benzene rings is 1. The van der Waals surface area contributed by atoms with Crippen LogP contribution in [0, 0.1) is 5.92 Å². The quantitative estimate of drug-likeness (QED) is 0.686. The molecule has 1 aromatic rings. The Bertz CT molecular complexity index is 471. The van der Waals surface area contributed by atoms with Gasteiger partial charge in [-0.2, -0.15) is 0 Å². The van der Waals surface area contributed by atoms with Crippen LogP contribution in [0.4, 0.5) is 5.69 Å². The zero-order valence-electron chi connectivity index (χ0n) is 12.6.